The van der Waals surface area contributed by atoms with Gasteiger partial charge in [0.1, 0.15) is 5.82 Å². The van der Waals surface area contributed by atoms with Gasteiger partial charge >= 0.3 is 0 Å². The van der Waals surface area contributed by atoms with Crippen LogP contribution in [0.15, 0.2) is 48.5 Å². The van der Waals surface area contributed by atoms with Gasteiger partial charge < -0.3 is 4.57 Å². The van der Waals surface area contributed by atoms with E-state index in [2.05, 4.69) is 39.9 Å². The van der Waals surface area contributed by atoms with Gasteiger partial charge in [0.2, 0.25) is 0 Å². The molecule has 0 aliphatic heterocycles. The molecule has 1 heterocycles. The number of hydrogen-bond donors (Lipinski definition) is 0. The zero-order valence-electron chi connectivity index (χ0n) is 11.4. The first-order valence-electron chi connectivity index (χ1n) is 6.67. The highest BCUT2D eigenvalue weighted by Gasteiger charge is 2.08. The number of fused-ring (bicyclic) bond motifs is 1. The normalized spacial score (nSPS) is 10.6. The molecule has 0 aliphatic carbocycles. The predicted molar refractivity (Wildman–Crippen MR) is 79.3 cm³/mol. The summed E-state index contributed by atoms with van der Waals surface area (Å²) in [5.41, 5.74) is 3.95. The summed E-state index contributed by atoms with van der Waals surface area (Å²) < 4.78 is 2.11. The van der Waals surface area contributed by atoms with Crippen molar-refractivity contribution in [2.45, 2.75) is 12.8 Å². The molecule has 98 valence electrons. The van der Waals surface area contributed by atoms with Gasteiger partial charge in [-0.15, -0.1) is 0 Å². The number of hydrogen-bond acceptors (Lipinski definition) is 2. The monoisotopic (exact) mass is 261 g/mol. The SMILES string of the molecule is Cn1c(CCc2ccccc2)nc2cc(C#N)ccc21. The first kappa shape index (κ1) is 12.4. The van der Waals surface area contributed by atoms with Gasteiger partial charge in [-0.1, -0.05) is 30.3 Å². The van der Waals surface area contributed by atoms with Crippen molar-refractivity contribution < 1.29 is 0 Å². The minimum Gasteiger partial charge on any atom is -0.331 e. The van der Waals surface area contributed by atoms with E-state index in [0.29, 0.717) is 5.56 Å². The number of imidazole rings is 1. The number of aromatic nitrogens is 2. The van der Waals surface area contributed by atoms with E-state index in [1.165, 1.54) is 5.56 Å². The lowest BCUT2D eigenvalue weighted by Gasteiger charge is -2.02. The maximum absolute atomic E-state index is 8.94. The van der Waals surface area contributed by atoms with E-state index in [1.807, 2.05) is 31.3 Å². The first-order valence-corrected chi connectivity index (χ1v) is 6.67. The molecule has 0 unspecified atom stereocenters. The van der Waals surface area contributed by atoms with Gasteiger partial charge in [0.05, 0.1) is 22.7 Å². The van der Waals surface area contributed by atoms with Crippen molar-refractivity contribution >= 4 is 11.0 Å². The van der Waals surface area contributed by atoms with Crippen LogP contribution in [0.5, 0.6) is 0 Å². The fourth-order valence-corrected chi connectivity index (χ4v) is 2.44. The van der Waals surface area contributed by atoms with Gasteiger partial charge in [-0.3, -0.25) is 0 Å². The highest BCUT2D eigenvalue weighted by molar-refractivity contribution is 5.77. The van der Waals surface area contributed by atoms with Crippen molar-refractivity contribution in [3.63, 3.8) is 0 Å². The van der Waals surface area contributed by atoms with Crippen LogP contribution in [0.4, 0.5) is 0 Å². The second kappa shape index (κ2) is 5.18. The topological polar surface area (TPSA) is 41.6 Å². The summed E-state index contributed by atoms with van der Waals surface area (Å²) in [4.78, 5) is 4.65. The lowest BCUT2D eigenvalue weighted by molar-refractivity contribution is 0.787. The van der Waals surface area contributed by atoms with Gasteiger partial charge in [-0.05, 0) is 30.2 Å². The maximum Gasteiger partial charge on any atom is 0.109 e. The quantitative estimate of drug-likeness (QED) is 0.726. The molecule has 0 saturated carbocycles. The Hall–Kier alpha value is -2.60. The Labute approximate surface area is 118 Å². The van der Waals surface area contributed by atoms with Gasteiger partial charge in [0, 0.05) is 13.5 Å². The van der Waals surface area contributed by atoms with Crippen LogP contribution in [0.25, 0.3) is 11.0 Å². The molecule has 0 fully saturated rings. The molecular formula is C17H15N3. The third kappa shape index (κ3) is 2.28. The van der Waals surface area contributed by atoms with Crippen LogP contribution in [0.2, 0.25) is 0 Å². The van der Waals surface area contributed by atoms with E-state index in [0.717, 1.165) is 29.7 Å². The molecule has 0 atom stereocenters. The van der Waals surface area contributed by atoms with Crippen LogP contribution in [0.1, 0.15) is 17.0 Å². The molecule has 0 radical (unpaired) electrons. The Kier molecular flexibility index (Phi) is 3.22. The zero-order chi connectivity index (χ0) is 13.9. The van der Waals surface area contributed by atoms with Crippen LogP contribution in [0.3, 0.4) is 0 Å². The van der Waals surface area contributed by atoms with E-state index < -0.39 is 0 Å². The molecule has 3 heteroatoms. The Balaban J connectivity index is 1.89. The van der Waals surface area contributed by atoms with E-state index >= 15 is 0 Å². The molecule has 0 spiro atoms. The predicted octanol–water partition coefficient (Wildman–Crippen LogP) is 3.23. The van der Waals surface area contributed by atoms with Crippen LogP contribution >= 0.6 is 0 Å². The highest BCUT2D eigenvalue weighted by atomic mass is 15.1. The third-order valence-corrected chi connectivity index (χ3v) is 3.58. The van der Waals surface area contributed by atoms with Crippen molar-refractivity contribution in [1.82, 2.24) is 9.55 Å². The fraction of sp³-hybridized carbons (Fsp3) is 0.176. The molecule has 3 nitrogen and oxygen atoms in total. The highest BCUT2D eigenvalue weighted by Crippen LogP contribution is 2.17. The maximum atomic E-state index is 8.94. The molecule has 3 rings (SSSR count). The number of nitriles is 1. The molecule has 1 aromatic heterocycles. The molecule has 0 N–H and O–H groups in total. The summed E-state index contributed by atoms with van der Waals surface area (Å²) in [6.07, 6.45) is 1.88. The molecule has 2 aromatic carbocycles. The summed E-state index contributed by atoms with van der Waals surface area (Å²) in [7, 11) is 2.03. The van der Waals surface area contributed by atoms with E-state index in [9.17, 15) is 0 Å². The first-order chi connectivity index (χ1) is 9.78. The van der Waals surface area contributed by atoms with Crippen LogP contribution in [-0.2, 0) is 19.9 Å². The average molecular weight is 261 g/mol. The van der Waals surface area contributed by atoms with Crippen LogP contribution in [0, 0.1) is 11.3 Å². The Bertz CT molecular complexity index is 779. The lowest BCUT2D eigenvalue weighted by atomic mass is 10.1. The van der Waals surface area contributed by atoms with Gasteiger partial charge in [-0.25, -0.2) is 4.98 Å². The smallest absolute Gasteiger partial charge is 0.109 e. The molecule has 0 aliphatic rings. The second-order valence-corrected chi connectivity index (χ2v) is 4.89. The summed E-state index contributed by atoms with van der Waals surface area (Å²) in [5.74, 6) is 1.05. The molecule has 0 saturated heterocycles. The molecular weight excluding hydrogens is 246 g/mol. The fourth-order valence-electron chi connectivity index (χ4n) is 2.44. The summed E-state index contributed by atoms with van der Waals surface area (Å²) >= 11 is 0. The Morgan fingerprint density at radius 3 is 2.65 bits per heavy atom. The number of nitrogens with zero attached hydrogens (tertiary/aromatic N) is 3. The third-order valence-electron chi connectivity index (χ3n) is 3.58. The molecule has 3 aromatic rings. The van der Waals surface area contributed by atoms with Crippen molar-refractivity contribution in [3.8, 4) is 6.07 Å². The summed E-state index contributed by atoms with van der Waals surface area (Å²) in [6, 6.07) is 18.2. The van der Waals surface area contributed by atoms with Crippen molar-refractivity contribution in [2.24, 2.45) is 7.05 Å². The Morgan fingerprint density at radius 1 is 1.10 bits per heavy atom. The van der Waals surface area contributed by atoms with Gasteiger partial charge in [-0.2, -0.15) is 5.26 Å². The molecule has 20 heavy (non-hydrogen) atoms. The number of benzene rings is 2. The van der Waals surface area contributed by atoms with Gasteiger partial charge in [0.15, 0.2) is 0 Å². The zero-order valence-corrected chi connectivity index (χ0v) is 11.4. The lowest BCUT2D eigenvalue weighted by Crippen LogP contribution is -2.00. The van der Waals surface area contributed by atoms with Crippen LogP contribution in [-0.4, -0.2) is 9.55 Å². The number of rotatable bonds is 3. The number of aryl methyl sites for hydroxylation is 3. The van der Waals surface area contributed by atoms with Crippen molar-refractivity contribution in [1.29, 1.82) is 5.26 Å². The van der Waals surface area contributed by atoms with E-state index in [4.69, 9.17) is 5.26 Å². The summed E-state index contributed by atoms with van der Waals surface area (Å²) in [5, 5.41) is 8.94. The standard InChI is InChI=1S/C17H15N3/c1-20-16-9-7-14(12-18)11-15(16)19-17(20)10-8-13-5-3-2-4-6-13/h2-7,9,11H,8,10H2,1H3. The molecule has 0 amide bonds. The van der Waals surface area contributed by atoms with Crippen LogP contribution < -0.4 is 0 Å². The van der Waals surface area contributed by atoms with E-state index in [-0.39, 0.29) is 0 Å². The van der Waals surface area contributed by atoms with Crippen molar-refractivity contribution in [3.05, 3.63) is 65.5 Å². The van der Waals surface area contributed by atoms with Gasteiger partial charge in [0.25, 0.3) is 0 Å². The minimum absolute atomic E-state index is 0.658. The largest absolute Gasteiger partial charge is 0.331 e. The molecule has 0 bridgehead atoms. The second-order valence-electron chi connectivity index (χ2n) is 4.89. The minimum atomic E-state index is 0.658. The average Bonchev–Trinajstić information content (AvgIpc) is 2.82. The van der Waals surface area contributed by atoms with E-state index in [1.54, 1.807) is 0 Å². The Morgan fingerprint density at radius 2 is 1.90 bits per heavy atom. The van der Waals surface area contributed by atoms with Crippen molar-refractivity contribution in [2.75, 3.05) is 0 Å². The summed E-state index contributed by atoms with van der Waals surface area (Å²) in [6.45, 7) is 0.